The molecule has 1 aliphatic heterocycles. The summed E-state index contributed by atoms with van der Waals surface area (Å²) < 4.78 is 0. The van der Waals surface area contributed by atoms with Crippen LogP contribution in [0.3, 0.4) is 0 Å². The van der Waals surface area contributed by atoms with Crippen molar-refractivity contribution < 1.29 is 43.8 Å². The first kappa shape index (κ1) is 31.1. The summed E-state index contributed by atoms with van der Waals surface area (Å²) in [7, 11) is 0. The minimum Gasteiger partial charge on any atom is -0.481 e. The lowest BCUT2D eigenvalue weighted by molar-refractivity contribution is -0.197. The van der Waals surface area contributed by atoms with Crippen molar-refractivity contribution in [2.75, 3.05) is 0 Å². The Morgan fingerprint density at radius 3 is 1.78 bits per heavy atom. The fraction of sp³-hybridized carbons (Fsp3) is 0.760. The van der Waals surface area contributed by atoms with E-state index in [-0.39, 0.29) is 25.7 Å². The molecule has 0 bridgehead atoms. The highest BCUT2D eigenvalue weighted by atomic mass is 16.7. The van der Waals surface area contributed by atoms with Crippen molar-refractivity contribution in [3.8, 4) is 0 Å². The van der Waals surface area contributed by atoms with Gasteiger partial charge >= 0.3 is 17.9 Å². The molecule has 11 nitrogen and oxygen atoms in total. The van der Waals surface area contributed by atoms with Crippen LogP contribution in [-0.2, 0) is 33.6 Å². The average Bonchev–Trinajstić information content (AvgIpc) is 3.13. The molecule has 0 aromatic rings. The van der Waals surface area contributed by atoms with E-state index in [9.17, 15) is 39.0 Å². The van der Waals surface area contributed by atoms with Gasteiger partial charge in [0.1, 0.15) is 12.0 Å². The molecule has 36 heavy (non-hydrogen) atoms. The number of rotatable bonds is 20. The summed E-state index contributed by atoms with van der Waals surface area (Å²) in [5.41, 5.74) is 0. The Morgan fingerprint density at radius 1 is 0.806 bits per heavy atom. The predicted molar refractivity (Wildman–Crippen MR) is 128 cm³/mol. The lowest BCUT2D eigenvalue weighted by Crippen LogP contribution is -2.45. The van der Waals surface area contributed by atoms with Gasteiger partial charge in [-0.05, 0) is 12.8 Å². The van der Waals surface area contributed by atoms with Crippen molar-refractivity contribution in [1.82, 2.24) is 10.4 Å². The molecule has 1 heterocycles. The normalized spacial score (nSPS) is 15.0. The highest BCUT2D eigenvalue weighted by Gasteiger charge is 2.34. The Hall–Kier alpha value is -2.98. The van der Waals surface area contributed by atoms with Gasteiger partial charge in [-0.2, -0.15) is 0 Å². The van der Waals surface area contributed by atoms with E-state index in [1.54, 1.807) is 0 Å². The van der Waals surface area contributed by atoms with Gasteiger partial charge in [0.25, 0.3) is 11.8 Å². The van der Waals surface area contributed by atoms with Gasteiger partial charge in [-0.1, -0.05) is 77.6 Å². The maximum Gasteiger partial charge on any atom is 0.333 e. The monoisotopic (exact) mass is 512 g/mol. The van der Waals surface area contributed by atoms with E-state index in [0.29, 0.717) is 11.5 Å². The minimum atomic E-state index is -1.52. The molecule has 2 atom stereocenters. The molecule has 1 rings (SSSR count). The standard InChI is InChI=1S/C25H40N2O9/c1-2-3-4-5-6-7-8-9-10-11-12-13-18(24(32)33)23(31)26-19(25(34)35)14-17-22(30)36-27-20(28)15-16-21(27)29/h18-19H,2-17H2,1H3,(H,26,31)(H,32,33)(H,34,35)/t18?,19-/m0/s1. The zero-order valence-electron chi connectivity index (χ0n) is 21.2. The van der Waals surface area contributed by atoms with Crippen LogP contribution in [0.4, 0.5) is 0 Å². The number of carboxylic acids is 2. The van der Waals surface area contributed by atoms with Gasteiger partial charge in [-0.25, -0.2) is 9.59 Å². The number of carbonyl (C=O) groups is 6. The van der Waals surface area contributed by atoms with Gasteiger partial charge in [0.05, 0.1) is 6.42 Å². The van der Waals surface area contributed by atoms with E-state index < -0.39 is 54.0 Å². The summed E-state index contributed by atoms with van der Waals surface area (Å²) in [6, 6.07) is -1.52. The quantitative estimate of drug-likeness (QED) is 0.126. The number of hydrogen-bond acceptors (Lipinski definition) is 7. The van der Waals surface area contributed by atoms with E-state index in [0.717, 1.165) is 25.7 Å². The molecule has 0 aliphatic carbocycles. The van der Waals surface area contributed by atoms with Gasteiger partial charge in [0, 0.05) is 12.8 Å². The number of imide groups is 1. The van der Waals surface area contributed by atoms with Crippen LogP contribution >= 0.6 is 0 Å². The highest BCUT2D eigenvalue weighted by Crippen LogP contribution is 2.16. The van der Waals surface area contributed by atoms with Crippen molar-refractivity contribution >= 4 is 35.6 Å². The second-order valence-electron chi connectivity index (χ2n) is 9.20. The first-order valence-corrected chi connectivity index (χ1v) is 13.0. The van der Waals surface area contributed by atoms with Crippen molar-refractivity contribution in [3.63, 3.8) is 0 Å². The topological polar surface area (TPSA) is 167 Å². The Kier molecular flexibility index (Phi) is 15.1. The summed E-state index contributed by atoms with van der Waals surface area (Å²) in [5.74, 6) is -7.43. The molecule has 204 valence electrons. The molecule has 11 heteroatoms. The first-order chi connectivity index (χ1) is 17.2. The van der Waals surface area contributed by atoms with Gasteiger partial charge in [-0.15, -0.1) is 5.06 Å². The molecule has 3 N–H and O–H groups in total. The third kappa shape index (κ3) is 12.1. The molecule has 1 unspecified atom stereocenters. The van der Waals surface area contributed by atoms with Crippen molar-refractivity contribution in [1.29, 1.82) is 0 Å². The smallest absolute Gasteiger partial charge is 0.333 e. The largest absolute Gasteiger partial charge is 0.481 e. The molecule has 0 spiro atoms. The summed E-state index contributed by atoms with van der Waals surface area (Å²) in [4.78, 5) is 75.1. The van der Waals surface area contributed by atoms with Crippen molar-refractivity contribution in [2.24, 2.45) is 5.92 Å². The van der Waals surface area contributed by atoms with Crippen LogP contribution in [0.5, 0.6) is 0 Å². The first-order valence-electron chi connectivity index (χ1n) is 13.0. The Labute approximate surface area is 211 Å². The molecule has 1 fully saturated rings. The molecule has 3 amide bonds. The summed E-state index contributed by atoms with van der Waals surface area (Å²) >= 11 is 0. The summed E-state index contributed by atoms with van der Waals surface area (Å²) in [6.07, 6.45) is 11.0. The number of nitrogens with zero attached hydrogens (tertiary/aromatic N) is 1. The molecule has 0 aromatic carbocycles. The number of nitrogens with one attached hydrogen (secondary N) is 1. The fourth-order valence-electron chi connectivity index (χ4n) is 3.98. The van der Waals surface area contributed by atoms with Crippen LogP contribution < -0.4 is 5.32 Å². The van der Waals surface area contributed by atoms with Crippen LogP contribution in [0, 0.1) is 5.92 Å². The summed E-state index contributed by atoms with van der Waals surface area (Å²) in [5, 5.41) is 21.3. The third-order valence-corrected chi connectivity index (χ3v) is 6.16. The van der Waals surface area contributed by atoms with Crippen molar-refractivity contribution in [3.05, 3.63) is 0 Å². The van der Waals surface area contributed by atoms with Crippen molar-refractivity contribution in [2.45, 2.75) is 116 Å². The van der Waals surface area contributed by atoms with Crippen LogP contribution in [-0.4, -0.2) is 56.9 Å². The molecule has 0 saturated carbocycles. The van der Waals surface area contributed by atoms with E-state index in [1.165, 1.54) is 38.5 Å². The number of hydroxylamine groups is 2. The third-order valence-electron chi connectivity index (χ3n) is 6.16. The van der Waals surface area contributed by atoms with Gasteiger partial charge < -0.3 is 20.4 Å². The minimum absolute atomic E-state index is 0.0738. The maximum atomic E-state index is 12.5. The molecular weight excluding hydrogens is 472 g/mol. The highest BCUT2D eigenvalue weighted by molar-refractivity contribution is 6.01. The fourth-order valence-corrected chi connectivity index (χ4v) is 3.98. The van der Waals surface area contributed by atoms with Gasteiger partial charge in [-0.3, -0.25) is 19.2 Å². The zero-order valence-corrected chi connectivity index (χ0v) is 21.2. The Bertz CT molecular complexity index is 753. The van der Waals surface area contributed by atoms with Crippen LogP contribution in [0.2, 0.25) is 0 Å². The van der Waals surface area contributed by atoms with E-state index >= 15 is 0 Å². The second kappa shape index (κ2) is 17.4. The van der Waals surface area contributed by atoms with Crippen LogP contribution in [0.25, 0.3) is 0 Å². The number of hydrogen-bond donors (Lipinski definition) is 3. The lowest BCUT2D eigenvalue weighted by Gasteiger charge is -2.18. The van der Waals surface area contributed by atoms with E-state index in [4.69, 9.17) is 0 Å². The molecule has 0 radical (unpaired) electrons. The average molecular weight is 513 g/mol. The molecule has 1 aliphatic rings. The number of amides is 3. The zero-order chi connectivity index (χ0) is 26.9. The molecule has 0 aromatic heterocycles. The van der Waals surface area contributed by atoms with Gasteiger partial charge in [0.15, 0.2) is 0 Å². The lowest BCUT2D eigenvalue weighted by atomic mass is 9.98. The predicted octanol–water partition coefficient (Wildman–Crippen LogP) is 3.35. The number of unbranched alkanes of at least 4 members (excludes halogenated alkanes) is 10. The van der Waals surface area contributed by atoms with Crippen LogP contribution in [0.1, 0.15) is 110 Å². The van der Waals surface area contributed by atoms with Gasteiger partial charge in [0.2, 0.25) is 5.91 Å². The van der Waals surface area contributed by atoms with E-state index in [1.807, 2.05) is 0 Å². The number of aliphatic carboxylic acids is 2. The molecule has 1 saturated heterocycles. The maximum absolute atomic E-state index is 12.5. The Balaban J connectivity index is 2.36. The Morgan fingerprint density at radius 2 is 1.31 bits per heavy atom. The molecular formula is C25H40N2O9. The number of carbonyl (C=O) groups excluding carboxylic acids is 4. The summed E-state index contributed by atoms with van der Waals surface area (Å²) in [6.45, 7) is 2.19. The number of carboxylic acid groups (broad SMARTS) is 2. The second-order valence-corrected chi connectivity index (χ2v) is 9.20. The van der Waals surface area contributed by atoms with E-state index in [2.05, 4.69) is 17.1 Å². The van der Waals surface area contributed by atoms with Crippen LogP contribution in [0.15, 0.2) is 0 Å². The SMILES string of the molecule is CCCCCCCCCCCCCC(C(=O)O)C(=O)N[C@@H](CCC(=O)ON1C(=O)CCC1=O)C(=O)O.